The highest BCUT2D eigenvalue weighted by Gasteiger charge is 2.29. The molecule has 2 atom stereocenters. The summed E-state index contributed by atoms with van der Waals surface area (Å²) >= 11 is 0. The van der Waals surface area contributed by atoms with Crippen LogP contribution < -0.4 is 10.6 Å². The highest BCUT2D eigenvalue weighted by molar-refractivity contribution is 4.86. The van der Waals surface area contributed by atoms with Crippen LogP contribution in [0.5, 0.6) is 0 Å². The lowest BCUT2D eigenvalue weighted by Gasteiger charge is -2.39. The molecule has 0 aromatic carbocycles. The van der Waals surface area contributed by atoms with Gasteiger partial charge in [0.25, 0.3) is 0 Å². The lowest BCUT2D eigenvalue weighted by atomic mass is 9.76. The van der Waals surface area contributed by atoms with Crippen molar-refractivity contribution >= 4 is 0 Å². The number of rotatable bonds is 1. The van der Waals surface area contributed by atoms with Crippen LogP contribution >= 0.6 is 0 Å². The van der Waals surface area contributed by atoms with Gasteiger partial charge in [0.1, 0.15) is 0 Å². The fourth-order valence-electron chi connectivity index (χ4n) is 3.33. The van der Waals surface area contributed by atoms with E-state index in [2.05, 4.69) is 24.5 Å². The predicted molar refractivity (Wildman–Crippen MR) is 60.4 cm³/mol. The first kappa shape index (κ1) is 10.4. The van der Waals surface area contributed by atoms with E-state index in [4.69, 9.17) is 0 Å². The highest BCUT2D eigenvalue weighted by atomic mass is 15.0. The van der Waals surface area contributed by atoms with Crippen molar-refractivity contribution in [1.82, 2.24) is 10.6 Å². The number of piperidine rings is 2. The van der Waals surface area contributed by atoms with Crippen molar-refractivity contribution in [2.45, 2.75) is 51.6 Å². The quantitative estimate of drug-likeness (QED) is 0.668. The Balaban J connectivity index is 1.88. The third-order valence-corrected chi connectivity index (χ3v) is 3.93. The summed E-state index contributed by atoms with van der Waals surface area (Å²) in [7, 11) is 0. The molecular weight excluding hydrogens is 172 g/mol. The summed E-state index contributed by atoms with van der Waals surface area (Å²) in [5.41, 5.74) is 0. The van der Waals surface area contributed by atoms with Crippen molar-refractivity contribution in [3.63, 3.8) is 0 Å². The molecule has 2 aliphatic heterocycles. The van der Waals surface area contributed by atoms with Crippen LogP contribution in [-0.4, -0.2) is 25.2 Å². The summed E-state index contributed by atoms with van der Waals surface area (Å²) < 4.78 is 0. The molecule has 0 aliphatic carbocycles. The largest absolute Gasteiger partial charge is 0.317 e. The first-order valence-electron chi connectivity index (χ1n) is 6.22. The first-order chi connectivity index (χ1) is 6.75. The van der Waals surface area contributed by atoms with Gasteiger partial charge in [-0.1, -0.05) is 0 Å². The summed E-state index contributed by atoms with van der Waals surface area (Å²) in [6.45, 7) is 7.17. The van der Waals surface area contributed by atoms with Gasteiger partial charge in [-0.15, -0.1) is 0 Å². The van der Waals surface area contributed by atoms with Crippen LogP contribution in [0.3, 0.4) is 0 Å². The number of hydrogen-bond donors (Lipinski definition) is 2. The van der Waals surface area contributed by atoms with E-state index >= 15 is 0 Å². The van der Waals surface area contributed by atoms with Gasteiger partial charge in [0, 0.05) is 12.1 Å². The molecule has 0 aromatic heterocycles. The number of nitrogens with one attached hydrogen (secondary N) is 2. The van der Waals surface area contributed by atoms with Crippen LogP contribution in [0.15, 0.2) is 0 Å². The predicted octanol–water partition coefficient (Wildman–Crippen LogP) is 1.76. The number of hydrogen-bond acceptors (Lipinski definition) is 2. The Kier molecular flexibility index (Phi) is 3.45. The molecule has 0 aromatic rings. The molecular formula is C12H24N2. The minimum absolute atomic E-state index is 0.735. The average molecular weight is 196 g/mol. The van der Waals surface area contributed by atoms with Crippen LogP contribution in [0.4, 0.5) is 0 Å². The van der Waals surface area contributed by atoms with E-state index in [9.17, 15) is 0 Å². The van der Waals surface area contributed by atoms with E-state index in [0.29, 0.717) is 0 Å². The summed E-state index contributed by atoms with van der Waals surface area (Å²) in [5, 5.41) is 7.09. The van der Waals surface area contributed by atoms with E-state index in [1.165, 1.54) is 38.8 Å². The molecule has 2 unspecified atom stereocenters. The summed E-state index contributed by atoms with van der Waals surface area (Å²) in [6.07, 6.45) is 5.61. The van der Waals surface area contributed by atoms with Crippen molar-refractivity contribution < 1.29 is 0 Å². The van der Waals surface area contributed by atoms with Gasteiger partial charge >= 0.3 is 0 Å². The van der Waals surface area contributed by atoms with Crippen molar-refractivity contribution in [1.29, 1.82) is 0 Å². The molecule has 2 fully saturated rings. The second-order valence-corrected chi connectivity index (χ2v) is 5.29. The third-order valence-electron chi connectivity index (χ3n) is 3.93. The smallest absolute Gasteiger partial charge is 0.00439 e. The zero-order valence-electron chi connectivity index (χ0n) is 9.55. The Morgan fingerprint density at radius 3 is 2.00 bits per heavy atom. The van der Waals surface area contributed by atoms with Crippen LogP contribution in [0, 0.1) is 11.8 Å². The summed E-state index contributed by atoms with van der Waals surface area (Å²) in [4.78, 5) is 0. The van der Waals surface area contributed by atoms with Gasteiger partial charge in [-0.25, -0.2) is 0 Å². The fourth-order valence-corrected chi connectivity index (χ4v) is 3.33. The van der Waals surface area contributed by atoms with E-state index in [1.54, 1.807) is 0 Å². The maximum Gasteiger partial charge on any atom is 0.00439 e. The molecule has 0 spiro atoms. The van der Waals surface area contributed by atoms with Gasteiger partial charge in [0.05, 0.1) is 0 Å². The summed E-state index contributed by atoms with van der Waals surface area (Å²) in [5.74, 6) is 1.99. The highest BCUT2D eigenvalue weighted by Crippen LogP contribution is 2.32. The topological polar surface area (TPSA) is 24.1 Å². The van der Waals surface area contributed by atoms with E-state index in [1.807, 2.05) is 0 Å². The fraction of sp³-hybridized carbons (Fsp3) is 1.00. The molecule has 14 heavy (non-hydrogen) atoms. The monoisotopic (exact) mass is 196 g/mol. The van der Waals surface area contributed by atoms with E-state index in [0.717, 1.165) is 23.9 Å². The van der Waals surface area contributed by atoms with Crippen molar-refractivity contribution in [3.8, 4) is 0 Å². The van der Waals surface area contributed by atoms with Crippen molar-refractivity contribution in [3.05, 3.63) is 0 Å². The lowest BCUT2D eigenvalue weighted by molar-refractivity contribution is 0.164. The zero-order chi connectivity index (χ0) is 9.97. The second-order valence-electron chi connectivity index (χ2n) is 5.29. The van der Waals surface area contributed by atoms with E-state index in [-0.39, 0.29) is 0 Å². The van der Waals surface area contributed by atoms with Crippen LogP contribution in [0.1, 0.15) is 39.5 Å². The Hall–Kier alpha value is -0.0800. The maximum atomic E-state index is 3.63. The van der Waals surface area contributed by atoms with Crippen LogP contribution in [-0.2, 0) is 0 Å². The molecule has 2 heteroatoms. The van der Waals surface area contributed by atoms with Gasteiger partial charge in [-0.05, 0) is 64.5 Å². The van der Waals surface area contributed by atoms with Gasteiger partial charge in [0.2, 0.25) is 0 Å². The molecule has 2 aliphatic rings. The summed E-state index contributed by atoms with van der Waals surface area (Å²) in [6, 6.07) is 1.47. The van der Waals surface area contributed by atoms with Crippen molar-refractivity contribution in [2.75, 3.05) is 13.1 Å². The molecule has 0 saturated carbocycles. The Bertz CT molecular complexity index is 165. The Morgan fingerprint density at radius 2 is 1.43 bits per heavy atom. The minimum Gasteiger partial charge on any atom is -0.317 e. The van der Waals surface area contributed by atoms with Crippen LogP contribution in [0.2, 0.25) is 0 Å². The minimum atomic E-state index is 0.735. The normalized spacial score (nSPS) is 41.1. The maximum absolute atomic E-state index is 3.63. The first-order valence-corrected chi connectivity index (χ1v) is 6.22. The molecule has 0 radical (unpaired) electrons. The molecule has 2 saturated heterocycles. The van der Waals surface area contributed by atoms with Gasteiger partial charge in [-0.3, -0.25) is 0 Å². The van der Waals surface area contributed by atoms with Gasteiger partial charge in [-0.2, -0.15) is 0 Å². The molecule has 0 amide bonds. The standard InChI is InChI=1S/C12H24N2/c1-9-7-12(8-10(2)14-9)11-3-5-13-6-4-11/h9-14H,3-8H2,1-2H3. The van der Waals surface area contributed by atoms with Crippen molar-refractivity contribution in [2.24, 2.45) is 11.8 Å². The molecule has 0 bridgehead atoms. The molecule has 2 nitrogen and oxygen atoms in total. The SMILES string of the molecule is CC1CC(C2CCNCC2)CC(C)N1. The van der Waals surface area contributed by atoms with Gasteiger partial charge in [0.15, 0.2) is 0 Å². The van der Waals surface area contributed by atoms with Crippen LogP contribution in [0.25, 0.3) is 0 Å². The molecule has 2 N–H and O–H groups in total. The third kappa shape index (κ3) is 2.48. The Morgan fingerprint density at radius 1 is 0.857 bits per heavy atom. The molecule has 2 heterocycles. The van der Waals surface area contributed by atoms with E-state index < -0.39 is 0 Å². The second kappa shape index (κ2) is 4.63. The lowest BCUT2D eigenvalue weighted by Crippen LogP contribution is -2.45. The average Bonchev–Trinajstić information content (AvgIpc) is 2.18. The molecule has 82 valence electrons. The molecule has 2 rings (SSSR count). The zero-order valence-corrected chi connectivity index (χ0v) is 9.55. The van der Waals surface area contributed by atoms with Gasteiger partial charge < -0.3 is 10.6 Å². The Labute approximate surface area is 87.8 Å².